The molecule has 0 unspecified atom stereocenters. The Morgan fingerprint density at radius 1 is 1.33 bits per heavy atom. The summed E-state index contributed by atoms with van der Waals surface area (Å²) in [7, 11) is 0. The molecule has 0 aliphatic carbocycles. The molecule has 1 aliphatic heterocycles. The molecule has 1 heterocycles. The van der Waals surface area contributed by atoms with Crippen molar-refractivity contribution in [2.45, 2.75) is 39.7 Å². The Balaban J connectivity index is 1.75. The zero-order valence-corrected chi connectivity index (χ0v) is 15.1. The predicted octanol–water partition coefficient (Wildman–Crippen LogP) is 2.30. The van der Waals surface area contributed by atoms with Crippen LogP contribution in [0.25, 0.3) is 0 Å². The molecule has 0 radical (unpaired) electrons. The Hall–Kier alpha value is -1.59. The number of ether oxygens (including phenoxy) is 2. The van der Waals surface area contributed by atoms with Gasteiger partial charge in [-0.25, -0.2) is 0 Å². The van der Waals surface area contributed by atoms with E-state index >= 15 is 0 Å². The van der Waals surface area contributed by atoms with Gasteiger partial charge in [0.1, 0.15) is 5.75 Å². The van der Waals surface area contributed by atoms with E-state index in [2.05, 4.69) is 16.3 Å². The van der Waals surface area contributed by atoms with Crippen LogP contribution in [0.3, 0.4) is 0 Å². The summed E-state index contributed by atoms with van der Waals surface area (Å²) in [5.41, 5.74) is 2.19. The fourth-order valence-electron chi connectivity index (χ4n) is 2.76. The summed E-state index contributed by atoms with van der Waals surface area (Å²) in [6.07, 6.45) is 1.17. The summed E-state index contributed by atoms with van der Waals surface area (Å²) in [4.78, 5) is 14.7. The molecule has 5 nitrogen and oxygen atoms in total. The van der Waals surface area contributed by atoms with E-state index in [-0.39, 0.29) is 5.91 Å². The SMILES string of the molecule is CC[C@H](Oc1cc(C)ccc1C)C(=O)NCCCN1CCOCC1. The van der Waals surface area contributed by atoms with Crippen LogP contribution in [0.5, 0.6) is 5.75 Å². The Morgan fingerprint density at radius 3 is 2.79 bits per heavy atom. The second-order valence-electron chi connectivity index (χ2n) is 6.38. The minimum absolute atomic E-state index is 0.0274. The molecular weight excluding hydrogens is 304 g/mol. The predicted molar refractivity (Wildman–Crippen MR) is 95.5 cm³/mol. The van der Waals surface area contributed by atoms with Crippen molar-refractivity contribution >= 4 is 5.91 Å². The number of benzene rings is 1. The first-order chi connectivity index (χ1) is 11.6. The van der Waals surface area contributed by atoms with Gasteiger partial charge in [0.15, 0.2) is 6.10 Å². The van der Waals surface area contributed by atoms with Crippen molar-refractivity contribution in [1.29, 1.82) is 0 Å². The second kappa shape index (κ2) is 9.64. The van der Waals surface area contributed by atoms with Gasteiger partial charge in [0.25, 0.3) is 5.91 Å². The molecule has 134 valence electrons. The van der Waals surface area contributed by atoms with Gasteiger partial charge in [-0.15, -0.1) is 0 Å². The van der Waals surface area contributed by atoms with Crippen LogP contribution in [0.15, 0.2) is 18.2 Å². The van der Waals surface area contributed by atoms with Gasteiger partial charge in [0.2, 0.25) is 0 Å². The van der Waals surface area contributed by atoms with E-state index in [1.54, 1.807) is 0 Å². The van der Waals surface area contributed by atoms with E-state index in [1.807, 2.05) is 32.9 Å². The number of nitrogens with one attached hydrogen (secondary N) is 1. The standard InChI is InChI=1S/C19H30N2O3/c1-4-17(24-18-14-15(2)6-7-16(18)3)19(22)20-8-5-9-21-10-12-23-13-11-21/h6-7,14,17H,4-5,8-13H2,1-3H3,(H,20,22)/t17-/m0/s1. The van der Waals surface area contributed by atoms with Gasteiger partial charge in [0, 0.05) is 19.6 Å². The van der Waals surface area contributed by atoms with Crippen molar-refractivity contribution in [2.24, 2.45) is 0 Å². The lowest BCUT2D eigenvalue weighted by Crippen LogP contribution is -2.41. The molecular formula is C19H30N2O3. The summed E-state index contributed by atoms with van der Waals surface area (Å²) >= 11 is 0. The number of nitrogens with zero attached hydrogens (tertiary/aromatic N) is 1. The van der Waals surface area contributed by atoms with Crippen LogP contribution in [0.1, 0.15) is 30.9 Å². The molecule has 1 fully saturated rings. The van der Waals surface area contributed by atoms with Gasteiger partial charge in [-0.2, -0.15) is 0 Å². The maximum absolute atomic E-state index is 12.4. The highest BCUT2D eigenvalue weighted by Crippen LogP contribution is 2.21. The number of amides is 1. The Bertz CT molecular complexity index is 527. The van der Waals surface area contributed by atoms with Crippen molar-refractivity contribution in [1.82, 2.24) is 10.2 Å². The van der Waals surface area contributed by atoms with E-state index < -0.39 is 6.10 Å². The fourth-order valence-corrected chi connectivity index (χ4v) is 2.76. The quantitative estimate of drug-likeness (QED) is 0.741. The van der Waals surface area contributed by atoms with Crippen molar-refractivity contribution in [3.63, 3.8) is 0 Å². The number of hydrogen-bond donors (Lipinski definition) is 1. The average molecular weight is 334 g/mol. The van der Waals surface area contributed by atoms with E-state index in [1.165, 1.54) is 0 Å². The highest BCUT2D eigenvalue weighted by atomic mass is 16.5. The number of rotatable bonds is 8. The average Bonchev–Trinajstić information content (AvgIpc) is 2.60. The van der Waals surface area contributed by atoms with Crippen LogP contribution in [-0.4, -0.2) is 56.3 Å². The summed E-state index contributed by atoms with van der Waals surface area (Å²) in [5.74, 6) is 0.769. The molecule has 5 heteroatoms. The van der Waals surface area contributed by atoms with E-state index in [0.29, 0.717) is 13.0 Å². The van der Waals surface area contributed by atoms with Crippen molar-refractivity contribution in [3.05, 3.63) is 29.3 Å². The smallest absolute Gasteiger partial charge is 0.261 e. The molecule has 24 heavy (non-hydrogen) atoms. The minimum atomic E-state index is -0.436. The lowest BCUT2D eigenvalue weighted by molar-refractivity contribution is -0.128. The lowest BCUT2D eigenvalue weighted by Gasteiger charge is -2.26. The van der Waals surface area contributed by atoms with Gasteiger partial charge >= 0.3 is 0 Å². The third-order valence-electron chi connectivity index (χ3n) is 4.33. The number of morpholine rings is 1. The molecule has 0 saturated carbocycles. The van der Waals surface area contributed by atoms with Crippen LogP contribution in [-0.2, 0) is 9.53 Å². The largest absolute Gasteiger partial charge is 0.480 e. The molecule has 1 N–H and O–H groups in total. The highest BCUT2D eigenvalue weighted by molar-refractivity contribution is 5.81. The van der Waals surface area contributed by atoms with Crippen LogP contribution < -0.4 is 10.1 Å². The number of carbonyl (C=O) groups excluding carboxylic acids is 1. The summed E-state index contributed by atoms with van der Waals surface area (Å²) in [5, 5.41) is 3.01. The van der Waals surface area contributed by atoms with Gasteiger partial charge in [-0.1, -0.05) is 19.1 Å². The minimum Gasteiger partial charge on any atom is -0.480 e. The Labute approximate surface area is 145 Å². The molecule has 0 aromatic heterocycles. The first kappa shape index (κ1) is 18.7. The summed E-state index contributed by atoms with van der Waals surface area (Å²) in [6.45, 7) is 11.3. The van der Waals surface area contributed by atoms with E-state index in [4.69, 9.17) is 9.47 Å². The molecule has 1 atom stereocenters. The van der Waals surface area contributed by atoms with Crippen LogP contribution in [0.4, 0.5) is 0 Å². The monoisotopic (exact) mass is 334 g/mol. The van der Waals surface area contributed by atoms with Gasteiger partial charge < -0.3 is 14.8 Å². The first-order valence-electron chi connectivity index (χ1n) is 8.92. The fraction of sp³-hybridized carbons (Fsp3) is 0.632. The van der Waals surface area contributed by atoms with Crippen molar-refractivity contribution < 1.29 is 14.3 Å². The van der Waals surface area contributed by atoms with Crippen molar-refractivity contribution in [2.75, 3.05) is 39.4 Å². The van der Waals surface area contributed by atoms with Gasteiger partial charge in [0.05, 0.1) is 13.2 Å². The first-order valence-corrected chi connectivity index (χ1v) is 8.92. The molecule has 2 rings (SSSR count). The normalized spacial score (nSPS) is 16.6. The topological polar surface area (TPSA) is 50.8 Å². The molecule has 0 spiro atoms. The zero-order chi connectivity index (χ0) is 17.4. The molecule has 1 amide bonds. The number of aryl methyl sites for hydroxylation is 2. The molecule has 1 saturated heterocycles. The molecule has 0 bridgehead atoms. The van der Waals surface area contributed by atoms with Gasteiger partial charge in [-0.05, 0) is 50.4 Å². The Kier molecular flexibility index (Phi) is 7.53. The maximum Gasteiger partial charge on any atom is 0.261 e. The Morgan fingerprint density at radius 2 is 2.08 bits per heavy atom. The second-order valence-corrected chi connectivity index (χ2v) is 6.38. The lowest BCUT2D eigenvalue weighted by atomic mass is 10.1. The van der Waals surface area contributed by atoms with E-state index in [0.717, 1.165) is 56.1 Å². The highest BCUT2D eigenvalue weighted by Gasteiger charge is 2.19. The number of carbonyl (C=O) groups is 1. The van der Waals surface area contributed by atoms with Crippen LogP contribution in [0, 0.1) is 13.8 Å². The van der Waals surface area contributed by atoms with Gasteiger partial charge in [-0.3, -0.25) is 9.69 Å². The molecule has 1 aromatic rings. The zero-order valence-electron chi connectivity index (χ0n) is 15.1. The molecule has 1 aromatic carbocycles. The molecule has 1 aliphatic rings. The summed E-state index contributed by atoms with van der Waals surface area (Å²) in [6, 6.07) is 6.07. The van der Waals surface area contributed by atoms with Crippen LogP contribution in [0.2, 0.25) is 0 Å². The maximum atomic E-state index is 12.4. The third-order valence-corrected chi connectivity index (χ3v) is 4.33. The van der Waals surface area contributed by atoms with Crippen molar-refractivity contribution in [3.8, 4) is 5.75 Å². The third kappa shape index (κ3) is 5.80. The van der Waals surface area contributed by atoms with Crippen LogP contribution >= 0.6 is 0 Å². The number of hydrogen-bond acceptors (Lipinski definition) is 4. The summed E-state index contributed by atoms with van der Waals surface area (Å²) < 4.78 is 11.3. The van der Waals surface area contributed by atoms with E-state index in [9.17, 15) is 4.79 Å².